The molecule has 1 aromatic rings. The number of nitrogens with zero attached hydrogens (tertiary/aromatic N) is 1. The number of hydrogen-bond acceptors (Lipinski definition) is 3. The third-order valence-corrected chi connectivity index (χ3v) is 4.71. The molecule has 2 unspecified atom stereocenters. The highest BCUT2D eigenvalue weighted by Crippen LogP contribution is 2.29. The van der Waals surface area contributed by atoms with Gasteiger partial charge in [0.2, 0.25) is 5.91 Å². The van der Waals surface area contributed by atoms with E-state index in [2.05, 4.69) is 5.32 Å². The average Bonchev–Trinajstić information content (AvgIpc) is 2.97. The first-order valence-corrected chi connectivity index (χ1v) is 8.41. The number of amides is 3. The number of hydrogen-bond donors (Lipinski definition) is 3. The van der Waals surface area contributed by atoms with Crippen molar-refractivity contribution in [2.75, 3.05) is 13.1 Å². The summed E-state index contributed by atoms with van der Waals surface area (Å²) in [6, 6.07) is 9.04. The lowest BCUT2D eigenvalue weighted by Gasteiger charge is -2.25. The van der Waals surface area contributed by atoms with Crippen molar-refractivity contribution in [3.8, 4) is 0 Å². The highest BCUT2D eigenvalue weighted by Gasteiger charge is 2.40. The number of aliphatic carboxylic acids is 1. The van der Waals surface area contributed by atoms with Gasteiger partial charge in [-0.15, -0.1) is 0 Å². The SMILES string of the molecule is CC1(C(N)=O)CCN(C(=O)NC(CCC(=O)O)Cc2ccccc2)C1. The lowest BCUT2D eigenvalue weighted by molar-refractivity contribution is -0.137. The molecule has 0 aliphatic carbocycles. The van der Waals surface area contributed by atoms with Crippen LogP contribution in [0.2, 0.25) is 0 Å². The summed E-state index contributed by atoms with van der Waals surface area (Å²) in [5.41, 5.74) is 5.74. The van der Waals surface area contributed by atoms with Gasteiger partial charge >= 0.3 is 12.0 Å². The van der Waals surface area contributed by atoms with Crippen molar-refractivity contribution in [3.05, 3.63) is 35.9 Å². The van der Waals surface area contributed by atoms with Gasteiger partial charge in [0.05, 0.1) is 5.41 Å². The Kier molecular flexibility index (Phi) is 6.01. The van der Waals surface area contributed by atoms with Crippen LogP contribution >= 0.6 is 0 Å². The van der Waals surface area contributed by atoms with Gasteiger partial charge in [-0.1, -0.05) is 30.3 Å². The molecule has 1 aromatic carbocycles. The third kappa shape index (κ3) is 5.20. The summed E-state index contributed by atoms with van der Waals surface area (Å²) in [5, 5.41) is 11.8. The standard InChI is InChI=1S/C18H25N3O4/c1-18(16(19)24)9-10-21(12-18)17(25)20-14(7-8-15(22)23)11-13-5-3-2-4-6-13/h2-6,14H,7-12H2,1H3,(H2,19,24)(H,20,25)(H,22,23). The normalized spacial score (nSPS) is 20.9. The van der Waals surface area contributed by atoms with Gasteiger partial charge < -0.3 is 21.1 Å². The zero-order valence-corrected chi connectivity index (χ0v) is 14.4. The third-order valence-electron chi connectivity index (χ3n) is 4.71. The lowest BCUT2D eigenvalue weighted by Crippen LogP contribution is -2.46. The van der Waals surface area contributed by atoms with Gasteiger partial charge in [0.1, 0.15) is 0 Å². The number of carboxylic acids is 1. The average molecular weight is 347 g/mol. The zero-order chi connectivity index (χ0) is 18.4. The summed E-state index contributed by atoms with van der Waals surface area (Å²) in [6.45, 7) is 2.50. The second-order valence-corrected chi connectivity index (χ2v) is 6.87. The Labute approximate surface area is 147 Å². The fraction of sp³-hybridized carbons (Fsp3) is 0.500. The van der Waals surface area contributed by atoms with Crippen LogP contribution in [0.1, 0.15) is 31.7 Å². The van der Waals surface area contributed by atoms with Crippen molar-refractivity contribution in [3.63, 3.8) is 0 Å². The molecule has 7 nitrogen and oxygen atoms in total. The van der Waals surface area contributed by atoms with Crippen LogP contribution in [0, 0.1) is 5.41 Å². The largest absolute Gasteiger partial charge is 0.481 e. The molecule has 1 heterocycles. The van der Waals surface area contributed by atoms with E-state index >= 15 is 0 Å². The molecular formula is C18H25N3O4. The lowest BCUT2D eigenvalue weighted by atomic mass is 9.89. The van der Waals surface area contributed by atoms with Crippen LogP contribution in [0.4, 0.5) is 4.79 Å². The molecule has 1 aliphatic heterocycles. The van der Waals surface area contributed by atoms with E-state index in [1.807, 2.05) is 30.3 Å². The molecule has 2 rings (SSSR count). The summed E-state index contributed by atoms with van der Waals surface area (Å²) in [7, 11) is 0. The zero-order valence-electron chi connectivity index (χ0n) is 14.4. The summed E-state index contributed by atoms with van der Waals surface area (Å²) in [5.74, 6) is -1.30. The molecule has 0 bridgehead atoms. The number of nitrogens with two attached hydrogens (primary N) is 1. The van der Waals surface area contributed by atoms with Crippen LogP contribution in [0.5, 0.6) is 0 Å². The summed E-state index contributed by atoms with van der Waals surface area (Å²) in [4.78, 5) is 36.5. The number of nitrogens with one attached hydrogen (secondary N) is 1. The summed E-state index contributed by atoms with van der Waals surface area (Å²) in [6.07, 6.45) is 1.42. The van der Waals surface area contributed by atoms with Crippen LogP contribution in [-0.2, 0) is 16.0 Å². The molecule has 0 saturated carbocycles. The highest BCUT2D eigenvalue weighted by molar-refractivity contribution is 5.83. The Morgan fingerprint density at radius 3 is 2.56 bits per heavy atom. The highest BCUT2D eigenvalue weighted by atomic mass is 16.4. The topological polar surface area (TPSA) is 113 Å². The second kappa shape index (κ2) is 8.00. The van der Waals surface area contributed by atoms with E-state index in [0.717, 1.165) is 5.56 Å². The van der Waals surface area contributed by atoms with Crippen LogP contribution in [0.25, 0.3) is 0 Å². The first-order chi connectivity index (χ1) is 11.8. The molecule has 1 fully saturated rings. The van der Waals surface area contributed by atoms with Crippen LogP contribution in [0.3, 0.4) is 0 Å². The first-order valence-electron chi connectivity index (χ1n) is 8.41. The first kappa shape index (κ1) is 18.8. The van der Waals surface area contributed by atoms with Crippen LogP contribution in [0.15, 0.2) is 30.3 Å². The van der Waals surface area contributed by atoms with E-state index in [9.17, 15) is 14.4 Å². The van der Waals surface area contributed by atoms with Crippen LogP contribution in [-0.4, -0.2) is 47.0 Å². The van der Waals surface area contributed by atoms with E-state index in [-0.39, 0.29) is 25.0 Å². The van der Waals surface area contributed by atoms with Gasteiger partial charge in [0.15, 0.2) is 0 Å². The Morgan fingerprint density at radius 1 is 1.32 bits per heavy atom. The van der Waals surface area contributed by atoms with E-state index in [1.165, 1.54) is 0 Å². The van der Waals surface area contributed by atoms with Gasteiger partial charge in [0, 0.05) is 25.6 Å². The van der Waals surface area contributed by atoms with E-state index < -0.39 is 17.3 Å². The fourth-order valence-electron chi connectivity index (χ4n) is 3.02. The van der Waals surface area contributed by atoms with Crippen molar-refractivity contribution in [2.45, 2.75) is 38.6 Å². The molecule has 0 aromatic heterocycles. The minimum atomic E-state index is -0.894. The number of carboxylic acid groups (broad SMARTS) is 1. The molecule has 0 radical (unpaired) electrons. The molecule has 2 atom stereocenters. The van der Waals surface area contributed by atoms with Gasteiger partial charge in [0.25, 0.3) is 0 Å². The Bertz CT molecular complexity index is 634. The van der Waals surface area contributed by atoms with Gasteiger partial charge in [-0.3, -0.25) is 9.59 Å². The smallest absolute Gasteiger partial charge is 0.317 e. The number of carbonyl (C=O) groups is 3. The number of benzene rings is 1. The predicted octanol–water partition coefficient (Wildman–Crippen LogP) is 1.37. The van der Waals surface area contributed by atoms with Crippen molar-refractivity contribution in [1.29, 1.82) is 0 Å². The monoisotopic (exact) mass is 347 g/mol. The van der Waals surface area contributed by atoms with Gasteiger partial charge in [-0.25, -0.2) is 4.79 Å². The quantitative estimate of drug-likeness (QED) is 0.691. The van der Waals surface area contributed by atoms with Gasteiger partial charge in [-0.2, -0.15) is 0 Å². The molecule has 1 saturated heterocycles. The van der Waals surface area contributed by atoms with Crippen molar-refractivity contribution < 1.29 is 19.5 Å². The number of carbonyl (C=O) groups excluding carboxylic acids is 2. The van der Waals surface area contributed by atoms with Gasteiger partial charge in [-0.05, 0) is 31.7 Å². The Hall–Kier alpha value is -2.57. The molecule has 7 heteroatoms. The molecule has 1 aliphatic rings. The Morgan fingerprint density at radius 2 is 2.00 bits per heavy atom. The maximum Gasteiger partial charge on any atom is 0.317 e. The minimum Gasteiger partial charge on any atom is -0.481 e. The summed E-state index contributed by atoms with van der Waals surface area (Å²) < 4.78 is 0. The fourth-order valence-corrected chi connectivity index (χ4v) is 3.02. The predicted molar refractivity (Wildman–Crippen MR) is 92.8 cm³/mol. The van der Waals surface area contributed by atoms with E-state index in [1.54, 1.807) is 11.8 Å². The number of likely N-dealkylation sites (tertiary alicyclic amines) is 1. The van der Waals surface area contributed by atoms with E-state index in [0.29, 0.717) is 25.8 Å². The Balaban J connectivity index is 1.99. The molecule has 136 valence electrons. The van der Waals surface area contributed by atoms with Crippen molar-refractivity contribution >= 4 is 17.9 Å². The maximum absolute atomic E-state index is 12.5. The molecule has 25 heavy (non-hydrogen) atoms. The second-order valence-electron chi connectivity index (χ2n) is 6.87. The number of primary amides is 1. The van der Waals surface area contributed by atoms with Crippen LogP contribution < -0.4 is 11.1 Å². The minimum absolute atomic E-state index is 0.0171. The number of rotatable bonds is 7. The van der Waals surface area contributed by atoms with Crippen molar-refractivity contribution in [1.82, 2.24) is 10.2 Å². The maximum atomic E-state index is 12.5. The molecule has 4 N–H and O–H groups in total. The molecular weight excluding hydrogens is 322 g/mol. The van der Waals surface area contributed by atoms with Crippen molar-refractivity contribution in [2.24, 2.45) is 11.1 Å². The molecule has 3 amide bonds. The summed E-state index contributed by atoms with van der Waals surface area (Å²) >= 11 is 0. The number of urea groups is 1. The van der Waals surface area contributed by atoms with E-state index in [4.69, 9.17) is 10.8 Å². The molecule has 0 spiro atoms.